The first-order valence-corrected chi connectivity index (χ1v) is 6.64. The summed E-state index contributed by atoms with van der Waals surface area (Å²) < 4.78 is 26.8. The highest BCUT2D eigenvalue weighted by molar-refractivity contribution is 9.11. The predicted octanol–water partition coefficient (Wildman–Crippen LogP) is 3.72. The zero-order valence-electron chi connectivity index (χ0n) is 9.04. The van der Waals surface area contributed by atoms with Gasteiger partial charge >= 0.3 is 0 Å². The number of rotatable bonds is 3. The number of amides is 1. The van der Waals surface area contributed by atoms with E-state index in [1.807, 2.05) is 0 Å². The van der Waals surface area contributed by atoms with E-state index in [0.29, 0.717) is 4.88 Å². The van der Waals surface area contributed by atoms with Crippen LogP contribution in [0.3, 0.4) is 0 Å². The number of halogens is 3. The Hall–Kier alpha value is -1.27. The van der Waals surface area contributed by atoms with Gasteiger partial charge in [-0.1, -0.05) is 6.07 Å². The second kappa shape index (κ2) is 5.58. The number of carbonyl (C=O) groups excluding carboxylic acids is 1. The van der Waals surface area contributed by atoms with Crippen molar-refractivity contribution in [1.29, 1.82) is 0 Å². The molecule has 0 spiro atoms. The highest BCUT2D eigenvalue weighted by Gasteiger charge is 2.09. The van der Waals surface area contributed by atoms with Crippen LogP contribution in [0.2, 0.25) is 0 Å². The van der Waals surface area contributed by atoms with E-state index in [1.54, 1.807) is 12.1 Å². The molecule has 6 heteroatoms. The average Bonchev–Trinajstić information content (AvgIpc) is 2.74. The van der Waals surface area contributed by atoms with E-state index in [9.17, 15) is 13.6 Å². The van der Waals surface area contributed by atoms with E-state index in [0.717, 1.165) is 15.9 Å². The summed E-state index contributed by atoms with van der Waals surface area (Å²) in [6.07, 6.45) is 0. The lowest BCUT2D eigenvalue weighted by atomic mass is 10.2. The van der Waals surface area contributed by atoms with E-state index in [-0.39, 0.29) is 18.0 Å². The van der Waals surface area contributed by atoms with Gasteiger partial charge in [0.15, 0.2) is 0 Å². The lowest BCUT2D eigenvalue weighted by Crippen LogP contribution is -2.22. The Kier molecular flexibility index (Phi) is 4.08. The van der Waals surface area contributed by atoms with Crippen LogP contribution in [-0.2, 0) is 6.54 Å². The molecule has 0 aliphatic rings. The maximum Gasteiger partial charge on any atom is 0.261 e. The van der Waals surface area contributed by atoms with E-state index in [1.165, 1.54) is 17.4 Å². The van der Waals surface area contributed by atoms with Crippen molar-refractivity contribution in [3.8, 4) is 0 Å². The average molecular weight is 332 g/mol. The van der Waals surface area contributed by atoms with Gasteiger partial charge in [0.05, 0.1) is 8.66 Å². The van der Waals surface area contributed by atoms with Crippen LogP contribution in [0.15, 0.2) is 34.1 Å². The van der Waals surface area contributed by atoms with Crippen molar-refractivity contribution in [2.75, 3.05) is 0 Å². The number of hydrogen-bond acceptors (Lipinski definition) is 2. The molecule has 94 valence electrons. The monoisotopic (exact) mass is 331 g/mol. The molecule has 1 heterocycles. The molecular formula is C12H8BrF2NOS. The van der Waals surface area contributed by atoms with Crippen molar-refractivity contribution in [1.82, 2.24) is 5.32 Å². The molecule has 0 saturated carbocycles. The third-order valence-corrected chi connectivity index (χ3v) is 3.87. The first kappa shape index (κ1) is 13.2. The maximum atomic E-state index is 13.3. The van der Waals surface area contributed by atoms with Crippen LogP contribution in [0.4, 0.5) is 8.78 Å². The van der Waals surface area contributed by atoms with Crippen molar-refractivity contribution >= 4 is 33.2 Å². The van der Waals surface area contributed by atoms with Crippen molar-refractivity contribution in [2.24, 2.45) is 0 Å². The van der Waals surface area contributed by atoms with E-state index in [2.05, 4.69) is 21.2 Å². The number of nitrogens with one attached hydrogen (secondary N) is 1. The fourth-order valence-electron chi connectivity index (χ4n) is 1.36. The lowest BCUT2D eigenvalue weighted by molar-refractivity contribution is 0.0954. The Morgan fingerprint density at radius 1 is 1.28 bits per heavy atom. The van der Waals surface area contributed by atoms with Crippen LogP contribution in [-0.4, -0.2) is 5.91 Å². The molecule has 0 saturated heterocycles. The van der Waals surface area contributed by atoms with Crippen molar-refractivity contribution in [3.05, 3.63) is 56.2 Å². The quantitative estimate of drug-likeness (QED) is 0.912. The summed E-state index contributed by atoms with van der Waals surface area (Å²) in [5.41, 5.74) is 0.250. The minimum absolute atomic E-state index is 0.0282. The Bertz CT molecular complexity index is 585. The lowest BCUT2D eigenvalue weighted by Gasteiger charge is -2.05. The van der Waals surface area contributed by atoms with Crippen LogP contribution in [0.5, 0.6) is 0 Å². The molecule has 18 heavy (non-hydrogen) atoms. The van der Waals surface area contributed by atoms with Crippen LogP contribution < -0.4 is 5.32 Å². The third kappa shape index (κ3) is 3.14. The van der Waals surface area contributed by atoms with Crippen LogP contribution in [0.1, 0.15) is 15.2 Å². The van der Waals surface area contributed by atoms with Gasteiger partial charge in [0.25, 0.3) is 5.91 Å². The SMILES string of the molecule is O=C(NCc1ccc(F)cc1F)c1ccc(Br)s1. The number of hydrogen-bond donors (Lipinski definition) is 1. The van der Waals surface area contributed by atoms with Crippen molar-refractivity contribution in [3.63, 3.8) is 0 Å². The van der Waals surface area contributed by atoms with Gasteiger partial charge in [-0.3, -0.25) is 4.79 Å². The highest BCUT2D eigenvalue weighted by atomic mass is 79.9. The summed E-state index contributed by atoms with van der Waals surface area (Å²) in [5.74, 6) is -1.58. The summed E-state index contributed by atoms with van der Waals surface area (Å²) in [7, 11) is 0. The molecule has 0 atom stereocenters. The zero-order chi connectivity index (χ0) is 13.1. The van der Waals surface area contributed by atoms with Gasteiger partial charge in [-0.05, 0) is 34.1 Å². The summed E-state index contributed by atoms with van der Waals surface area (Å²) in [5, 5.41) is 2.58. The molecule has 0 unspecified atom stereocenters. The maximum absolute atomic E-state index is 13.3. The molecule has 0 aliphatic heterocycles. The van der Waals surface area contributed by atoms with Gasteiger partial charge in [0, 0.05) is 18.2 Å². The number of thiophene rings is 1. The molecule has 1 aromatic carbocycles. The topological polar surface area (TPSA) is 29.1 Å². The van der Waals surface area contributed by atoms with Gasteiger partial charge in [-0.15, -0.1) is 11.3 Å². The van der Waals surface area contributed by atoms with Gasteiger partial charge in [-0.25, -0.2) is 8.78 Å². The molecule has 1 aromatic heterocycles. The largest absolute Gasteiger partial charge is 0.347 e. The molecule has 1 N–H and O–H groups in total. The molecule has 0 fully saturated rings. The van der Waals surface area contributed by atoms with Crippen molar-refractivity contribution < 1.29 is 13.6 Å². The Morgan fingerprint density at radius 3 is 2.67 bits per heavy atom. The Morgan fingerprint density at radius 2 is 2.06 bits per heavy atom. The van der Waals surface area contributed by atoms with Crippen molar-refractivity contribution in [2.45, 2.75) is 6.54 Å². The van der Waals surface area contributed by atoms with Crippen LogP contribution in [0, 0.1) is 11.6 Å². The van der Waals surface area contributed by atoms with Gasteiger partial charge in [0.1, 0.15) is 11.6 Å². The highest BCUT2D eigenvalue weighted by Crippen LogP contribution is 2.22. The number of benzene rings is 1. The van der Waals surface area contributed by atoms with Crippen LogP contribution in [0.25, 0.3) is 0 Å². The fourth-order valence-corrected chi connectivity index (χ4v) is 2.67. The fraction of sp³-hybridized carbons (Fsp3) is 0.0833. The molecule has 0 radical (unpaired) electrons. The zero-order valence-corrected chi connectivity index (χ0v) is 11.4. The smallest absolute Gasteiger partial charge is 0.261 e. The molecular weight excluding hydrogens is 324 g/mol. The molecule has 2 rings (SSSR count). The summed E-state index contributed by atoms with van der Waals surface area (Å²) in [6, 6.07) is 6.70. The second-order valence-electron chi connectivity index (χ2n) is 3.52. The van der Waals surface area contributed by atoms with Gasteiger partial charge in [0.2, 0.25) is 0 Å². The minimum atomic E-state index is -0.664. The minimum Gasteiger partial charge on any atom is -0.347 e. The van der Waals surface area contributed by atoms with E-state index < -0.39 is 11.6 Å². The van der Waals surface area contributed by atoms with Gasteiger partial charge in [-0.2, -0.15) is 0 Å². The molecule has 0 aliphatic carbocycles. The molecule has 2 aromatic rings. The Labute approximate surface area is 115 Å². The Balaban J connectivity index is 2.01. The van der Waals surface area contributed by atoms with Gasteiger partial charge < -0.3 is 5.32 Å². The molecule has 1 amide bonds. The summed E-state index contributed by atoms with van der Waals surface area (Å²) in [6.45, 7) is 0.0282. The predicted molar refractivity (Wildman–Crippen MR) is 69.5 cm³/mol. The first-order chi connectivity index (χ1) is 8.56. The first-order valence-electron chi connectivity index (χ1n) is 5.04. The normalized spacial score (nSPS) is 10.4. The van der Waals surface area contributed by atoms with Crippen LogP contribution >= 0.6 is 27.3 Å². The molecule has 2 nitrogen and oxygen atoms in total. The summed E-state index contributed by atoms with van der Waals surface area (Å²) >= 11 is 4.54. The third-order valence-electron chi connectivity index (χ3n) is 2.25. The summed E-state index contributed by atoms with van der Waals surface area (Å²) in [4.78, 5) is 12.2. The van der Waals surface area contributed by atoms with E-state index in [4.69, 9.17) is 0 Å². The standard InChI is InChI=1S/C12H8BrF2NOS/c13-11-4-3-10(18-11)12(17)16-6-7-1-2-8(14)5-9(7)15/h1-5H,6H2,(H,16,17). The second-order valence-corrected chi connectivity index (χ2v) is 5.99. The number of carbonyl (C=O) groups is 1. The van der Waals surface area contributed by atoms with E-state index >= 15 is 0 Å². The molecule has 0 bridgehead atoms.